The molecule has 0 aliphatic heterocycles. The lowest BCUT2D eigenvalue weighted by Crippen LogP contribution is -2.34. The number of methoxy groups -OCH3 is 3. The van der Waals surface area contributed by atoms with Crippen LogP contribution in [0.3, 0.4) is 0 Å². The Morgan fingerprint density at radius 3 is 2.03 bits per heavy atom. The van der Waals surface area contributed by atoms with Gasteiger partial charge in [0.15, 0.2) is 18.1 Å². The van der Waals surface area contributed by atoms with E-state index in [0.29, 0.717) is 30.3 Å². The number of ether oxygens (including phenoxy) is 4. The number of nitrogens with zero attached hydrogens (tertiary/aromatic N) is 1. The number of benzene rings is 2. The van der Waals surface area contributed by atoms with E-state index in [1.807, 2.05) is 38.1 Å². The molecule has 0 aliphatic carbocycles. The molecule has 30 heavy (non-hydrogen) atoms. The summed E-state index contributed by atoms with van der Waals surface area (Å²) in [5.41, 5.74) is 2.39. The van der Waals surface area contributed by atoms with Crippen LogP contribution in [0.4, 0.5) is 0 Å². The highest BCUT2D eigenvalue weighted by molar-refractivity contribution is 5.92. The van der Waals surface area contributed by atoms with Crippen LogP contribution in [0.15, 0.2) is 36.4 Å². The number of hydrogen-bond donors (Lipinski definition) is 0. The van der Waals surface area contributed by atoms with Crippen LogP contribution in [0.2, 0.25) is 0 Å². The zero-order chi connectivity index (χ0) is 22.1. The maximum absolute atomic E-state index is 12.7. The van der Waals surface area contributed by atoms with Gasteiger partial charge in [0.25, 0.3) is 5.91 Å². The Kier molecular flexibility index (Phi) is 8.53. The lowest BCUT2D eigenvalue weighted by atomic mass is 10.1. The summed E-state index contributed by atoms with van der Waals surface area (Å²) in [6, 6.07) is 11.0. The fraction of sp³-hybridized carbons (Fsp3) is 0.391. The maximum atomic E-state index is 12.7. The molecule has 0 saturated heterocycles. The third-order valence-electron chi connectivity index (χ3n) is 4.57. The molecule has 0 unspecified atom stereocenters. The Labute approximate surface area is 177 Å². The Morgan fingerprint density at radius 1 is 0.933 bits per heavy atom. The van der Waals surface area contributed by atoms with Gasteiger partial charge in [-0.3, -0.25) is 4.79 Å². The summed E-state index contributed by atoms with van der Waals surface area (Å²) < 4.78 is 21.0. The van der Waals surface area contributed by atoms with Gasteiger partial charge in [-0.05, 0) is 31.0 Å². The highest BCUT2D eigenvalue weighted by atomic mass is 16.5. The van der Waals surface area contributed by atoms with Crippen molar-refractivity contribution in [2.75, 3.05) is 34.5 Å². The van der Waals surface area contributed by atoms with Crippen molar-refractivity contribution < 1.29 is 28.5 Å². The monoisotopic (exact) mass is 415 g/mol. The summed E-state index contributed by atoms with van der Waals surface area (Å²) in [7, 11) is 4.40. The minimum atomic E-state index is -0.644. The van der Waals surface area contributed by atoms with E-state index in [0.717, 1.165) is 17.5 Å². The zero-order valence-corrected chi connectivity index (χ0v) is 18.2. The zero-order valence-electron chi connectivity index (χ0n) is 18.2. The molecule has 0 fully saturated rings. The smallest absolute Gasteiger partial charge is 0.338 e. The molecule has 7 nitrogen and oxygen atoms in total. The lowest BCUT2D eigenvalue weighted by Gasteiger charge is -2.22. The van der Waals surface area contributed by atoms with Crippen LogP contribution in [-0.2, 0) is 16.1 Å². The second-order valence-electron chi connectivity index (χ2n) is 6.79. The number of aryl methyl sites for hydroxylation is 1. The normalized spacial score (nSPS) is 10.3. The minimum absolute atomic E-state index is 0.206. The first-order valence-electron chi connectivity index (χ1n) is 9.73. The maximum Gasteiger partial charge on any atom is 0.338 e. The van der Waals surface area contributed by atoms with Crippen LogP contribution in [0.25, 0.3) is 0 Å². The highest BCUT2D eigenvalue weighted by Crippen LogP contribution is 2.38. The second-order valence-corrected chi connectivity index (χ2v) is 6.79. The summed E-state index contributed by atoms with van der Waals surface area (Å²) in [5, 5.41) is 0. The van der Waals surface area contributed by atoms with Gasteiger partial charge in [-0.25, -0.2) is 4.79 Å². The molecule has 7 heteroatoms. The molecule has 2 aromatic carbocycles. The standard InChI is InChI=1S/C23H29NO6/c1-6-11-24(14-17-9-7-16(2)8-10-17)21(25)15-30-23(26)18-12-19(27-3)22(29-5)20(13-18)28-4/h7-10,12-13H,6,11,14-15H2,1-5H3. The predicted molar refractivity (Wildman–Crippen MR) is 113 cm³/mol. The molecule has 0 aliphatic rings. The topological polar surface area (TPSA) is 74.3 Å². The third-order valence-corrected chi connectivity index (χ3v) is 4.57. The van der Waals surface area contributed by atoms with E-state index in [2.05, 4.69) is 0 Å². The summed E-state index contributed by atoms with van der Waals surface area (Å²) in [6.07, 6.45) is 0.804. The van der Waals surface area contributed by atoms with Crippen molar-refractivity contribution in [2.24, 2.45) is 0 Å². The minimum Gasteiger partial charge on any atom is -0.493 e. The summed E-state index contributed by atoms with van der Waals surface area (Å²) >= 11 is 0. The first kappa shape index (κ1) is 23.1. The van der Waals surface area contributed by atoms with E-state index in [1.165, 1.54) is 33.5 Å². The molecule has 2 rings (SSSR count). The van der Waals surface area contributed by atoms with Gasteiger partial charge >= 0.3 is 5.97 Å². The van der Waals surface area contributed by atoms with Crippen molar-refractivity contribution in [2.45, 2.75) is 26.8 Å². The number of esters is 1. The second kappa shape index (κ2) is 11.1. The van der Waals surface area contributed by atoms with Crippen molar-refractivity contribution >= 4 is 11.9 Å². The molecule has 0 saturated carbocycles. The quantitative estimate of drug-likeness (QED) is 0.552. The van der Waals surface area contributed by atoms with Crippen LogP contribution < -0.4 is 14.2 Å². The summed E-state index contributed by atoms with van der Waals surface area (Å²) in [5.74, 6) is 0.150. The van der Waals surface area contributed by atoms with E-state index in [9.17, 15) is 9.59 Å². The highest BCUT2D eigenvalue weighted by Gasteiger charge is 2.20. The van der Waals surface area contributed by atoms with Crippen molar-refractivity contribution in [1.29, 1.82) is 0 Å². The molecular weight excluding hydrogens is 386 g/mol. The van der Waals surface area contributed by atoms with Gasteiger partial charge in [0.2, 0.25) is 5.75 Å². The molecule has 0 radical (unpaired) electrons. The molecule has 0 atom stereocenters. The van der Waals surface area contributed by atoms with Gasteiger partial charge < -0.3 is 23.8 Å². The van der Waals surface area contributed by atoms with Gasteiger partial charge in [0, 0.05) is 13.1 Å². The number of amides is 1. The average molecular weight is 415 g/mol. The van der Waals surface area contributed by atoms with Gasteiger partial charge in [0.05, 0.1) is 26.9 Å². The summed E-state index contributed by atoms with van der Waals surface area (Å²) in [4.78, 5) is 26.9. The van der Waals surface area contributed by atoms with Crippen LogP contribution in [0.1, 0.15) is 34.8 Å². The number of hydrogen-bond acceptors (Lipinski definition) is 6. The van der Waals surface area contributed by atoms with Crippen molar-refractivity contribution in [1.82, 2.24) is 4.90 Å². The number of carbonyl (C=O) groups excluding carboxylic acids is 2. The first-order chi connectivity index (χ1) is 14.4. The van der Waals surface area contributed by atoms with Crippen molar-refractivity contribution in [3.05, 3.63) is 53.1 Å². The molecule has 162 valence electrons. The van der Waals surface area contributed by atoms with Gasteiger partial charge in [-0.15, -0.1) is 0 Å². The van der Waals surface area contributed by atoms with Crippen LogP contribution >= 0.6 is 0 Å². The van der Waals surface area contributed by atoms with E-state index in [1.54, 1.807) is 4.90 Å². The fourth-order valence-electron chi connectivity index (χ4n) is 2.98. The van der Waals surface area contributed by atoms with E-state index < -0.39 is 5.97 Å². The Hall–Kier alpha value is -3.22. The van der Waals surface area contributed by atoms with Crippen LogP contribution in [0, 0.1) is 6.92 Å². The van der Waals surface area contributed by atoms with E-state index >= 15 is 0 Å². The van der Waals surface area contributed by atoms with Crippen LogP contribution in [0.5, 0.6) is 17.2 Å². The molecule has 1 amide bonds. The fourth-order valence-corrected chi connectivity index (χ4v) is 2.98. The molecule has 0 N–H and O–H groups in total. The molecule has 2 aromatic rings. The number of rotatable bonds is 10. The van der Waals surface area contributed by atoms with Gasteiger partial charge in [0.1, 0.15) is 0 Å². The molecule has 0 heterocycles. The van der Waals surface area contributed by atoms with Gasteiger partial charge in [-0.2, -0.15) is 0 Å². The Morgan fingerprint density at radius 2 is 1.53 bits per heavy atom. The van der Waals surface area contributed by atoms with E-state index in [-0.39, 0.29) is 18.1 Å². The summed E-state index contributed by atoms with van der Waals surface area (Å²) in [6.45, 7) is 4.71. The molecular formula is C23H29NO6. The van der Waals surface area contributed by atoms with Crippen LogP contribution in [-0.4, -0.2) is 51.3 Å². The lowest BCUT2D eigenvalue weighted by molar-refractivity contribution is -0.135. The number of carbonyl (C=O) groups is 2. The molecule has 0 aromatic heterocycles. The van der Waals surface area contributed by atoms with Gasteiger partial charge in [-0.1, -0.05) is 36.8 Å². The largest absolute Gasteiger partial charge is 0.493 e. The molecule has 0 bridgehead atoms. The predicted octanol–water partition coefficient (Wildman–Crippen LogP) is 3.62. The Bertz CT molecular complexity index is 837. The first-order valence-corrected chi connectivity index (χ1v) is 9.73. The average Bonchev–Trinajstić information content (AvgIpc) is 2.77. The third kappa shape index (κ3) is 5.89. The SMILES string of the molecule is CCCN(Cc1ccc(C)cc1)C(=O)COC(=O)c1cc(OC)c(OC)c(OC)c1. The van der Waals surface area contributed by atoms with E-state index in [4.69, 9.17) is 18.9 Å². The molecule has 0 spiro atoms. The Balaban J connectivity index is 2.07. The van der Waals surface area contributed by atoms with Crippen molar-refractivity contribution in [3.8, 4) is 17.2 Å². The van der Waals surface area contributed by atoms with Crippen molar-refractivity contribution in [3.63, 3.8) is 0 Å².